The highest BCUT2D eigenvalue weighted by Gasteiger charge is 2.18. The van der Waals surface area contributed by atoms with Gasteiger partial charge in [-0.15, -0.1) is 0 Å². The van der Waals surface area contributed by atoms with Crippen LogP contribution in [-0.2, 0) is 13.5 Å². The fourth-order valence-electron chi connectivity index (χ4n) is 3.02. The number of rotatable bonds is 5. The van der Waals surface area contributed by atoms with Crippen LogP contribution in [0.15, 0.2) is 24.7 Å². The first-order chi connectivity index (χ1) is 11.6. The summed E-state index contributed by atoms with van der Waals surface area (Å²) in [5.41, 5.74) is 0.646. The smallest absolute Gasteiger partial charge is 0.251 e. The maximum absolute atomic E-state index is 12.3. The van der Waals surface area contributed by atoms with Crippen LogP contribution in [0.1, 0.15) is 35.9 Å². The Morgan fingerprint density at radius 3 is 3.04 bits per heavy atom. The molecule has 0 radical (unpaired) electrons. The fourth-order valence-corrected chi connectivity index (χ4v) is 3.02. The van der Waals surface area contributed by atoms with Gasteiger partial charge < -0.3 is 10.2 Å². The average molecular weight is 328 g/mol. The second-order valence-electron chi connectivity index (χ2n) is 6.44. The Bertz CT molecular complexity index is 698. The van der Waals surface area contributed by atoms with Crippen LogP contribution in [-0.4, -0.2) is 45.3 Å². The summed E-state index contributed by atoms with van der Waals surface area (Å²) in [4.78, 5) is 23.2. The third-order valence-electron chi connectivity index (χ3n) is 4.27. The first-order valence-electron chi connectivity index (χ1n) is 8.45. The molecule has 1 atom stereocenters. The topological polar surface area (TPSA) is 75.9 Å². The lowest BCUT2D eigenvalue weighted by Gasteiger charge is -2.31. The molecule has 2 aromatic rings. The van der Waals surface area contributed by atoms with E-state index in [-0.39, 0.29) is 5.91 Å². The Labute approximate surface area is 142 Å². The summed E-state index contributed by atoms with van der Waals surface area (Å²) in [5, 5.41) is 7.12. The zero-order valence-electron chi connectivity index (χ0n) is 14.3. The number of hydrogen-bond acceptors (Lipinski definition) is 5. The Morgan fingerprint density at radius 2 is 2.29 bits per heavy atom. The summed E-state index contributed by atoms with van der Waals surface area (Å²) in [6.45, 7) is 4.78. The highest BCUT2D eigenvalue weighted by atomic mass is 16.1. The number of hydrogen-bond donors (Lipinski definition) is 1. The summed E-state index contributed by atoms with van der Waals surface area (Å²) in [7, 11) is 1.83. The van der Waals surface area contributed by atoms with Gasteiger partial charge in [0.1, 0.15) is 12.1 Å². The van der Waals surface area contributed by atoms with Crippen LogP contribution in [0.5, 0.6) is 0 Å². The van der Waals surface area contributed by atoms with Gasteiger partial charge in [-0.2, -0.15) is 5.10 Å². The number of piperidine rings is 1. The van der Waals surface area contributed by atoms with E-state index >= 15 is 0 Å². The minimum atomic E-state index is -0.0837. The molecule has 2 aromatic heterocycles. The van der Waals surface area contributed by atoms with Crippen LogP contribution < -0.4 is 10.2 Å². The fraction of sp³-hybridized carbons (Fsp3) is 0.529. The number of pyridine rings is 1. The third kappa shape index (κ3) is 4.10. The SMILES string of the molecule is CC1CCCN(c2cc(C(=O)NCCc3ncn(C)n3)ccn2)C1. The Morgan fingerprint density at radius 1 is 1.42 bits per heavy atom. The first kappa shape index (κ1) is 16.4. The van der Waals surface area contributed by atoms with Crippen LogP contribution in [0.25, 0.3) is 0 Å². The molecule has 128 valence electrons. The lowest BCUT2D eigenvalue weighted by molar-refractivity contribution is 0.0954. The molecule has 1 aliphatic heterocycles. The molecule has 3 heterocycles. The van der Waals surface area contributed by atoms with Crippen LogP contribution in [0.3, 0.4) is 0 Å². The Balaban J connectivity index is 1.57. The van der Waals surface area contributed by atoms with Gasteiger partial charge >= 0.3 is 0 Å². The Kier molecular flexibility index (Phi) is 5.08. The predicted molar refractivity (Wildman–Crippen MR) is 91.9 cm³/mol. The van der Waals surface area contributed by atoms with Crippen molar-refractivity contribution in [1.82, 2.24) is 25.1 Å². The summed E-state index contributed by atoms with van der Waals surface area (Å²) < 4.78 is 1.66. The van der Waals surface area contributed by atoms with Gasteiger partial charge in [-0.1, -0.05) is 6.92 Å². The van der Waals surface area contributed by atoms with Crippen molar-refractivity contribution in [3.63, 3.8) is 0 Å². The summed E-state index contributed by atoms with van der Waals surface area (Å²) in [6, 6.07) is 3.64. The van der Waals surface area contributed by atoms with E-state index in [1.54, 1.807) is 23.3 Å². The van der Waals surface area contributed by atoms with Crippen molar-refractivity contribution in [3.8, 4) is 0 Å². The molecule has 1 amide bonds. The van der Waals surface area contributed by atoms with Gasteiger partial charge in [0.15, 0.2) is 5.82 Å². The van der Waals surface area contributed by atoms with Crippen LogP contribution in [0, 0.1) is 5.92 Å². The van der Waals surface area contributed by atoms with Gasteiger partial charge in [-0.3, -0.25) is 9.48 Å². The van der Waals surface area contributed by atoms with Crippen molar-refractivity contribution in [3.05, 3.63) is 36.0 Å². The summed E-state index contributed by atoms with van der Waals surface area (Å²) in [5.74, 6) is 2.21. The molecule has 0 spiro atoms. The molecule has 7 heteroatoms. The van der Waals surface area contributed by atoms with Crippen molar-refractivity contribution in [2.24, 2.45) is 13.0 Å². The number of aryl methyl sites for hydroxylation is 1. The molecule has 24 heavy (non-hydrogen) atoms. The molecule has 0 aliphatic carbocycles. The Hall–Kier alpha value is -2.44. The zero-order chi connectivity index (χ0) is 16.9. The molecule has 1 saturated heterocycles. The van der Waals surface area contributed by atoms with Crippen molar-refractivity contribution in [2.45, 2.75) is 26.2 Å². The van der Waals surface area contributed by atoms with Gasteiger partial charge in [-0.05, 0) is 30.9 Å². The molecule has 1 N–H and O–H groups in total. The summed E-state index contributed by atoms with van der Waals surface area (Å²) in [6.07, 6.45) is 6.43. The lowest BCUT2D eigenvalue weighted by Crippen LogP contribution is -2.35. The maximum Gasteiger partial charge on any atom is 0.251 e. The molecule has 1 aliphatic rings. The second kappa shape index (κ2) is 7.42. The maximum atomic E-state index is 12.3. The molecule has 1 unspecified atom stereocenters. The quantitative estimate of drug-likeness (QED) is 0.898. The van der Waals surface area contributed by atoms with Crippen molar-refractivity contribution in [2.75, 3.05) is 24.5 Å². The average Bonchev–Trinajstić information content (AvgIpc) is 3.00. The number of carbonyl (C=O) groups is 1. The predicted octanol–water partition coefficient (Wildman–Crippen LogP) is 1.42. The zero-order valence-corrected chi connectivity index (χ0v) is 14.3. The van der Waals surface area contributed by atoms with E-state index in [1.807, 2.05) is 13.1 Å². The molecule has 3 rings (SSSR count). The van der Waals surface area contributed by atoms with Crippen molar-refractivity contribution in [1.29, 1.82) is 0 Å². The molecule has 0 bridgehead atoms. The highest BCUT2D eigenvalue weighted by molar-refractivity contribution is 5.94. The number of carbonyl (C=O) groups excluding carboxylic acids is 1. The van der Waals surface area contributed by atoms with E-state index in [4.69, 9.17) is 0 Å². The minimum Gasteiger partial charge on any atom is -0.356 e. The van der Waals surface area contributed by atoms with E-state index in [0.717, 1.165) is 24.7 Å². The number of amides is 1. The van der Waals surface area contributed by atoms with Gasteiger partial charge in [0.25, 0.3) is 5.91 Å². The minimum absolute atomic E-state index is 0.0837. The number of nitrogens with one attached hydrogen (secondary N) is 1. The third-order valence-corrected chi connectivity index (χ3v) is 4.27. The lowest BCUT2D eigenvalue weighted by atomic mass is 10.0. The standard InChI is InChI=1S/C17H24N6O/c1-13-4-3-9-23(11-13)16-10-14(5-7-18-16)17(24)19-8-6-15-20-12-22(2)21-15/h5,7,10,12-13H,3-4,6,8-9,11H2,1-2H3,(H,19,24). The van der Waals surface area contributed by atoms with E-state index in [0.29, 0.717) is 24.4 Å². The highest BCUT2D eigenvalue weighted by Crippen LogP contribution is 2.21. The van der Waals surface area contributed by atoms with Crippen molar-refractivity contribution < 1.29 is 4.79 Å². The largest absolute Gasteiger partial charge is 0.356 e. The number of anilines is 1. The van der Waals surface area contributed by atoms with Gasteiger partial charge in [-0.25, -0.2) is 9.97 Å². The monoisotopic (exact) mass is 328 g/mol. The van der Waals surface area contributed by atoms with E-state index in [1.165, 1.54) is 12.8 Å². The van der Waals surface area contributed by atoms with E-state index < -0.39 is 0 Å². The number of aromatic nitrogens is 4. The molecular formula is C17H24N6O. The molecule has 7 nitrogen and oxygen atoms in total. The normalized spacial score (nSPS) is 17.8. The van der Waals surface area contributed by atoms with Crippen LogP contribution >= 0.6 is 0 Å². The molecule has 1 fully saturated rings. The van der Waals surface area contributed by atoms with Gasteiger partial charge in [0, 0.05) is 44.9 Å². The number of nitrogens with zero attached hydrogens (tertiary/aromatic N) is 5. The first-order valence-corrected chi connectivity index (χ1v) is 8.45. The van der Waals surface area contributed by atoms with Crippen LogP contribution in [0.2, 0.25) is 0 Å². The molecular weight excluding hydrogens is 304 g/mol. The molecule has 0 saturated carbocycles. The van der Waals surface area contributed by atoms with Crippen molar-refractivity contribution >= 4 is 11.7 Å². The second-order valence-corrected chi connectivity index (χ2v) is 6.44. The summed E-state index contributed by atoms with van der Waals surface area (Å²) >= 11 is 0. The molecule has 0 aromatic carbocycles. The van der Waals surface area contributed by atoms with Gasteiger partial charge in [0.2, 0.25) is 0 Å². The van der Waals surface area contributed by atoms with Crippen LogP contribution in [0.4, 0.5) is 5.82 Å². The van der Waals surface area contributed by atoms with E-state index in [9.17, 15) is 4.79 Å². The van der Waals surface area contributed by atoms with Gasteiger partial charge in [0.05, 0.1) is 0 Å². The van der Waals surface area contributed by atoms with E-state index in [2.05, 4.69) is 32.2 Å².